The number of nitrogens with two attached hydrogens (primary N) is 1. The van der Waals surface area contributed by atoms with E-state index in [-0.39, 0.29) is 43.2 Å². The van der Waals surface area contributed by atoms with Crippen LogP contribution in [-0.2, 0) is 9.59 Å². The van der Waals surface area contributed by atoms with Crippen molar-refractivity contribution in [1.29, 1.82) is 0 Å². The van der Waals surface area contributed by atoms with E-state index in [1.807, 2.05) is 25.1 Å². The van der Waals surface area contributed by atoms with Crippen molar-refractivity contribution >= 4 is 45.8 Å². The van der Waals surface area contributed by atoms with Gasteiger partial charge in [0, 0.05) is 22.6 Å². The Morgan fingerprint density at radius 1 is 1.40 bits per heavy atom. The normalized spacial score (nSPS) is 11.2. The number of benzene rings is 1. The molecule has 1 unspecified atom stereocenters. The minimum Gasteiger partial charge on any atom is -0.347 e. The molecule has 7 heteroatoms. The minimum atomic E-state index is -0.290. The van der Waals surface area contributed by atoms with Crippen LogP contribution in [0.4, 0.5) is 5.69 Å². The van der Waals surface area contributed by atoms with E-state index in [1.165, 1.54) is 0 Å². The van der Waals surface area contributed by atoms with Crippen LogP contribution in [0.5, 0.6) is 0 Å². The van der Waals surface area contributed by atoms with Gasteiger partial charge in [0.05, 0.1) is 6.54 Å². The van der Waals surface area contributed by atoms with Crippen LogP contribution < -0.4 is 16.4 Å². The number of rotatable bonds is 5. The molecule has 4 N–H and O–H groups in total. The lowest BCUT2D eigenvalue weighted by atomic mass is 10.2. The van der Waals surface area contributed by atoms with Gasteiger partial charge >= 0.3 is 0 Å². The first-order chi connectivity index (χ1) is 8.93. The SMILES string of the molecule is Cc1cc(Br)ccc1NC(=O)CNC(=O)C(C)CN.Cl. The Labute approximate surface area is 133 Å². The number of hydrogen-bond donors (Lipinski definition) is 3. The first kappa shape index (κ1) is 18.9. The van der Waals surface area contributed by atoms with Crippen molar-refractivity contribution in [2.24, 2.45) is 11.7 Å². The Hall–Kier alpha value is -1.11. The molecule has 0 spiro atoms. The topological polar surface area (TPSA) is 84.2 Å². The summed E-state index contributed by atoms with van der Waals surface area (Å²) in [5.41, 5.74) is 7.05. The van der Waals surface area contributed by atoms with Crippen LogP contribution in [0, 0.1) is 12.8 Å². The van der Waals surface area contributed by atoms with Crippen molar-refractivity contribution in [2.45, 2.75) is 13.8 Å². The number of amides is 2. The zero-order chi connectivity index (χ0) is 14.4. The third-order valence-corrected chi connectivity index (χ3v) is 3.18. The predicted molar refractivity (Wildman–Crippen MR) is 86.0 cm³/mol. The fourth-order valence-corrected chi connectivity index (χ4v) is 1.89. The summed E-state index contributed by atoms with van der Waals surface area (Å²) in [7, 11) is 0. The lowest BCUT2D eigenvalue weighted by Gasteiger charge is -2.11. The molecule has 1 rings (SSSR count). The summed E-state index contributed by atoms with van der Waals surface area (Å²) >= 11 is 3.35. The highest BCUT2D eigenvalue weighted by atomic mass is 79.9. The summed E-state index contributed by atoms with van der Waals surface area (Å²) in [5, 5.41) is 5.29. The van der Waals surface area contributed by atoms with Crippen LogP contribution in [0.1, 0.15) is 12.5 Å². The Balaban J connectivity index is 0.00000361. The maximum atomic E-state index is 11.7. The highest BCUT2D eigenvalue weighted by molar-refractivity contribution is 9.10. The van der Waals surface area contributed by atoms with Gasteiger partial charge in [-0.1, -0.05) is 22.9 Å². The first-order valence-electron chi connectivity index (χ1n) is 5.97. The maximum absolute atomic E-state index is 11.7. The van der Waals surface area contributed by atoms with Gasteiger partial charge in [0.15, 0.2) is 0 Å². The fourth-order valence-electron chi connectivity index (χ4n) is 1.41. The molecule has 1 aromatic carbocycles. The molecule has 0 aliphatic rings. The van der Waals surface area contributed by atoms with Crippen molar-refractivity contribution < 1.29 is 9.59 Å². The van der Waals surface area contributed by atoms with Gasteiger partial charge in [-0.05, 0) is 30.7 Å². The molecule has 20 heavy (non-hydrogen) atoms. The molecule has 0 aromatic heterocycles. The average Bonchev–Trinajstić information content (AvgIpc) is 2.38. The number of nitrogens with one attached hydrogen (secondary N) is 2. The predicted octanol–water partition coefficient (Wildman–Crippen LogP) is 1.83. The quantitative estimate of drug-likeness (QED) is 0.745. The van der Waals surface area contributed by atoms with Crippen molar-refractivity contribution in [1.82, 2.24) is 5.32 Å². The summed E-state index contributed by atoms with van der Waals surface area (Å²) in [6, 6.07) is 5.56. The van der Waals surface area contributed by atoms with Crippen LogP contribution in [0.15, 0.2) is 22.7 Å². The number of aryl methyl sites for hydroxylation is 1. The largest absolute Gasteiger partial charge is 0.347 e. The minimum absolute atomic E-state index is 0. The van der Waals surface area contributed by atoms with E-state index in [9.17, 15) is 9.59 Å². The van der Waals surface area contributed by atoms with Gasteiger partial charge in [-0.25, -0.2) is 0 Å². The number of anilines is 1. The van der Waals surface area contributed by atoms with E-state index in [0.717, 1.165) is 15.7 Å². The van der Waals surface area contributed by atoms with Gasteiger partial charge in [-0.15, -0.1) is 12.4 Å². The molecule has 1 aromatic rings. The zero-order valence-electron chi connectivity index (χ0n) is 11.4. The Morgan fingerprint density at radius 3 is 2.60 bits per heavy atom. The molecule has 0 aliphatic carbocycles. The second kappa shape index (κ2) is 8.94. The molecule has 0 saturated carbocycles. The van der Waals surface area contributed by atoms with Gasteiger partial charge in [-0.2, -0.15) is 0 Å². The third kappa shape index (κ3) is 5.90. The molecular formula is C13H19BrClN3O2. The Morgan fingerprint density at radius 2 is 2.05 bits per heavy atom. The first-order valence-corrected chi connectivity index (χ1v) is 6.77. The van der Waals surface area contributed by atoms with Crippen molar-refractivity contribution in [3.05, 3.63) is 28.2 Å². The Bertz CT molecular complexity index is 483. The summed E-state index contributed by atoms with van der Waals surface area (Å²) in [6.45, 7) is 3.82. The molecule has 0 saturated heterocycles. The van der Waals surface area contributed by atoms with Crippen LogP contribution in [0.25, 0.3) is 0 Å². The smallest absolute Gasteiger partial charge is 0.243 e. The van der Waals surface area contributed by atoms with Crippen molar-refractivity contribution in [3.8, 4) is 0 Å². The van der Waals surface area contributed by atoms with Crippen LogP contribution in [0.2, 0.25) is 0 Å². The number of carbonyl (C=O) groups excluding carboxylic acids is 2. The van der Waals surface area contributed by atoms with Crippen LogP contribution in [0.3, 0.4) is 0 Å². The lowest BCUT2D eigenvalue weighted by Crippen LogP contribution is -2.38. The maximum Gasteiger partial charge on any atom is 0.243 e. The van der Waals surface area contributed by atoms with E-state index in [4.69, 9.17) is 5.73 Å². The van der Waals surface area contributed by atoms with Gasteiger partial charge in [-0.3, -0.25) is 9.59 Å². The molecular weight excluding hydrogens is 346 g/mol. The average molecular weight is 365 g/mol. The standard InChI is InChI=1S/C13H18BrN3O2.ClH/c1-8-5-10(14)3-4-11(8)17-12(18)7-16-13(19)9(2)6-15;/h3-5,9H,6-7,15H2,1-2H3,(H,16,19)(H,17,18);1H. The second-order valence-corrected chi connectivity index (χ2v) is 5.28. The fraction of sp³-hybridized carbons (Fsp3) is 0.385. The van der Waals surface area contributed by atoms with Crippen LogP contribution >= 0.6 is 28.3 Å². The van der Waals surface area contributed by atoms with Gasteiger partial charge in [0.25, 0.3) is 0 Å². The molecule has 0 bridgehead atoms. The van der Waals surface area contributed by atoms with Gasteiger partial charge in [0.2, 0.25) is 11.8 Å². The third-order valence-electron chi connectivity index (χ3n) is 2.69. The summed E-state index contributed by atoms with van der Waals surface area (Å²) in [4.78, 5) is 23.2. The van der Waals surface area contributed by atoms with Gasteiger partial charge in [0.1, 0.15) is 0 Å². The van der Waals surface area contributed by atoms with E-state index < -0.39 is 0 Å². The van der Waals surface area contributed by atoms with E-state index >= 15 is 0 Å². The molecule has 2 amide bonds. The second-order valence-electron chi connectivity index (χ2n) is 4.36. The van der Waals surface area contributed by atoms with E-state index in [2.05, 4.69) is 26.6 Å². The molecule has 112 valence electrons. The van der Waals surface area contributed by atoms with E-state index in [1.54, 1.807) is 6.92 Å². The number of hydrogen-bond acceptors (Lipinski definition) is 3. The Kier molecular flexibility index (Phi) is 8.45. The highest BCUT2D eigenvalue weighted by Gasteiger charge is 2.12. The lowest BCUT2D eigenvalue weighted by molar-refractivity contribution is -0.126. The number of carbonyl (C=O) groups is 2. The summed E-state index contributed by atoms with van der Waals surface area (Å²) in [5.74, 6) is -0.768. The van der Waals surface area contributed by atoms with E-state index in [0.29, 0.717) is 0 Å². The van der Waals surface area contributed by atoms with Gasteiger partial charge < -0.3 is 16.4 Å². The molecule has 5 nitrogen and oxygen atoms in total. The van der Waals surface area contributed by atoms with Crippen molar-refractivity contribution in [3.63, 3.8) is 0 Å². The molecule has 0 heterocycles. The molecule has 0 aliphatic heterocycles. The molecule has 0 radical (unpaired) electrons. The number of halogens is 2. The zero-order valence-corrected chi connectivity index (χ0v) is 13.8. The van der Waals surface area contributed by atoms with Crippen LogP contribution in [-0.4, -0.2) is 24.9 Å². The molecule has 0 fully saturated rings. The monoisotopic (exact) mass is 363 g/mol. The van der Waals surface area contributed by atoms with Crippen molar-refractivity contribution in [2.75, 3.05) is 18.4 Å². The summed E-state index contributed by atoms with van der Waals surface area (Å²) < 4.78 is 0.952. The highest BCUT2D eigenvalue weighted by Crippen LogP contribution is 2.19. The summed E-state index contributed by atoms with van der Waals surface area (Å²) in [6.07, 6.45) is 0. The molecule has 1 atom stereocenters.